The van der Waals surface area contributed by atoms with Gasteiger partial charge in [0.1, 0.15) is 5.56 Å². The average Bonchev–Trinajstić information content (AvgIpc) is 2.65. The van der Waals surface area contributed by atoms with Crippen molar-refractivity contribution >= 4 is 5.97 Å². The predicted molar refractivity (Wildman–Crippen MR) is 75.0 cm³/mol. The first-order valence-corrected chi connectivity index (χ1v) is 6.79. The fourth-order valence-electron chi connectivity index (χ4n) is 2.45. The largest absolute Gasteiger partial charge is 0.478 e. The van der Waals surface area contributed by atoms with Gasteiger partial charge < -0.3 is 10.4 Å². The summed E-state index contributed by atoms with van der Waals surface area (Å²) >= 11 is 0. The summed E-state index contributed by atoms with van der Waals surface area (Å²) in [5, 5.41) is 16.4. The zero-order valence-electron chi connectivity index (χ0n) is 12.5. The number of rotatable bonds is 7. The molecule has 0 spiro atoms. The average molecular weight is 267 g/mol. The Morgan fingerprint density at radius 3 is 2.42 bits per heavy atom. The zero-order chi connectivity index (χ0) is 14.6. The highest BCUT2D eigenvalue weighted by atomic mass is 16.4. The molecule has 5 heteroatoms. The number of aromatic carboxylic acids is 1. The first-order valence-electron chi connectivity index (χ1n) is 6.79. The molecule has 108 valence electrons. The van der Waals surface area contributed by atoms with Crippen LogP contribution in [0.25, 0.3) is 0 Å². The Bertz CT molecular complexity index is 416. The van der Waals surface area contributed by atoms with Crippen LogP contribution in [0.2, 0.25) is 0 Å². The molecule has 0 atom stereocenters. The molecule has 0 amide bonds. The van der Waals surface area contributed by atoms with E-state index in [2.05, 4.69) is 38.1 Å². The van der Waals surface area contributed by atoms with E-state index in [4.69, 9.17) is 5.11 Å². The molecule has 1 heterocycles. The molecule has 5 nitrogen and oxygen atoms in total. The number of nitrogens with zero attached hydrogens (tertiary/aromatic N) is 2. The topological polar surface area (TPSA) is 67.2 Å². The molecule has 0 saturated heterocycles. The van der Waals surface area contributed by atoms with Gasteiger partial charge in [0.25, 0.3) is 0 Å². The fourth-order valence-corrected chi connectivity index (χ4v) is 2.45. The highest BCUT2D eigenvalue weighted by Crippen LogP contribution is 2.19. The van der Waals surface area contributed by atoms with Crippen LogP contribution >= 0.6 is 0 Å². The van der Waals surface area contributed by atoms with Gasteiger partial charge >= 0.3 is 5.97 Å². The molecule has 0 fully saturated rings. The normalized spacial score (nSPS) is 11.8. The maximum atomic E-state index is 11.1. The molecule has 1 rings (SSSR count). The quantitative estimate of drug-likeness (QED) is 0.794. The smallest absolute Gasteiger partial charge is 0.339 e. The third-order valence-corrected chi connectivity index (χ3v) is 3.68. The summed E-state index contributed by atoms with van der Waals surface area (Å²) in [4.78, 5) is 11.1. The first kappa shape index (κ1) is 15.7. The molecule has 19 heavy (non-hydrogen) atoms. The lowest BCUT2D eigenvalue weighted by molar-refractivity contribution is 0.0695. The van der Waals surface area contributed by atoms with Crippen molar-refractivity contribution in [2.45, 2.75) is 34.2 Å². The van der Waals surface area contributed by atoms with Crippen LogP contribution in [-0.4, -0.2) is 27.4 Å². The van der Waals surface area contributed by atoms with Gasteiger partial charge in [0.15, 0.2) is 0 Å². The van der Waals surface area contributed by atoms with E-state index in [0.717, 1.165) is 12.2 Å². The Balaban J connectivity index is 2.62. The van der Waals surface area contributed by atoms with E-state index in [1.165, 1.54) is 6.20 Å². The standard InChI is InChI=1S/C14H25N3O2/c1-9(2)11(10(3)4)6-15-8-13-12(14(18)19)7-16-17(13)5/h7,9-11,15H,6,8H2,1-5H3,(H,18,19). The fraction of sp³-hybridized carbons (Fsp3) is 0.714. The molecule has 0 unspecified atom stereocenters. The maximum absolute atomic E-state index is 11.1. The van der Waals surface area contributed by atoms with Crippen molar-refractivity contribution in [3.63, 3.8) is 0 Å². The van der Waals surface area contributed by atoms with E-state index in [0.29, 0.717) is 24.3 Å². The molecule has 0 aromatic carbocycles. The molecular formula is C14H25N3O2. The van der Waals surface area contributed by atoms with Gasteiger partial charge in [0, 0.05) is 13.6 Å². The third-order valence-electron chi connectivity index (χ3n) is 3.68. The second kappa shape index (κ2) is 6.70. The van der Waals surface area contributed by atoms with Crippen LogP contribution < -0.4 is 5.32 Å². The number of hydrogen-bond donors (Lipinski definition) is 2. The van der Waals surface area contributed by atoms with Crippen LogP contribution in [0.15, 0.2) is 6.20 Å². The predicted octanol–water partition coefficient (Wildman–Crippen LogP) is 2.14. The summed E-state index contributed by atoms with van der Waals surface area (Å²) in [5.74, 6) is 0.881. The summed E-state index contributed by atoms with van der Waals surface area (Å²) in [5.41, 5.74) is 0.999. The van der Waals surface area contributed by atoms with Gasteiger partial charge in [-0.2, -0.15) is 5.10 Å². The van der Waals surface area contributed by atoms with Crippen molar-refractivity contribution in [2.24, 2.45) is 24.8 Å². The van der Waals surface area contributed by atoms with E-state index < -0.39 is 5.97 Å². The summed E-state index contributed by atoms with van der Waals surface area (Å²) in [7, 11) is 1.77. The van der Waals surface area contributed by atoms with Gasteiger partial charge in [0.05, 0.1) is 11.9 Å². The van der Waals surface area contributed by atoms with E-state index in [1.807, 2.05) is 0 Å². The zero-order valence-corrected chi connectivity index (χ0v) is 12.5. The number of aryl methyl sites for hydroxylation is 1. The monoisotopic (exact) mass is 267 g/mol. The van der Waals surface area contributed by atoms with E-state index in [-0.39, 0.29) is 5.56 Å². The number of carboxylic acids is 1. The molecule has 0 aliphatic heterocycles. The number of aromatic nitrogens is 2. The van der Waals surface area contributed by atoms with Gasteiger partial charge in [-0.3, -0.25) is 4.68 Å². The first-order chi connectivity index (χ1) is 8.84. The maximum Gasteiger partial charge on any atom is 0.339 e. The Kier molecular flexibility index (Phi) is 5.54. The van der Waals surface area contributed by atoms with Crippen LogP contribution in [0.5, 0.6) is 0 Å². The Morgan fingerprint density at radius 1 is 1.37 bits per heavy atom. The van der Waals surface area contributed by atoms with Crippen LogP contribution in [0, 0.1) is 17.8 Å². The van der Waals surface area contributed by atoms with Gasteiger partial charge in [-0.05, 0) is 24.3 Å². The summed E-state index contributed by atoms with van der Waals surface area (Å²) in [6.07, 6.45) is 1.40. The Labute approximate surface area is 115 Å². The molecule has 0 aliphatic carbocycles. The molecule has 1 aromatic rings. The number of carboxylic acid groups (broad SMARTS) is 1. The number of carbonyl (C=O) groups is 1. The van der Waals surface area contributed by atoms with E-state index in [1.54, 1.807) is 11.7 Å². The minimum atomic E-state index is -0.922. The van der Waals surface area contributed by atoms with Gasteiger partial charge in [-0.1, -0.05) is 27.7 Å². The highest BCUT2D eigenvalue weighted by Gasteiger charge is 2.18. The van der Waals surface area contributed by atoms with Crippen molar-refractivity contribution in [1.29, 1.82) is 0 Å². The lowest BCUT2D eigenvalue weighted by atomic mass is 9.85. The number of hydrogen-bond acceptors (Lipinski definition) is 3. The van der Waals surface area contributed by atoms with Crippen molar-refractivity contribution in [3.8, 4) is 0 Å². The SMILES string of the molecule is CC(C)C(CNCc1c(C(=O)O)cnn1C)C(C)C. The highest BCUT2D eigenvalue weighted by molar-refractivity contribution is 5.88. The number of nitrogens with one attached hydrogen (secondary N) is 1. The van der Waals surface area contributed by atoms with Crippen molar-refractivity contribution in [1.82, 2.24) is 15.1 Å². The van der Waals surface area contributed by atoms with Crippen molar-refractivity contribution < 1.29 is 9.90 Å². The summed E-state index contributed by atoms with van der Waals surface area (Å²) in [6.45, 7) is 10.3. The molecule has 0 radical (unpaired) electrons. The molecule has 0 aliphatic rings. The van der Waals surface area contributed by atoms with Crippen molar-refractivity contribution in [2.75, 3.05) is 6.54 Å². The lowest BCUT2D eigenvalue weighted by Gasteiger charge is -2.25. The van der Waals surface area contributed by atoms with Gasteiger partial charge in [-0.15, -0.1) is 0 Å². The summed E-state index contributed by atoms with van der Waals surface area (Å²) < 4.78 is 1.62. The molecule has 0 saturated carbocycles. The van der Waals surface area contributed by atoms with Gasteiger partial charge in [-0.25, -0.2) is 4.79 Å². The van der Waals surface area contributed by atoms with Crippen LogP contribution in [-0.2, 0) is 13.6 Å². The molecular weight excluding hydrogens is 242 g/mol. The molecule has 1 aromatic heterocycles. The van der Waals surface area contributed by atoms with E-state index >= 15 is 0 Å². The molecule has 2 N–H and O–H groups in total. The third kappa shape index (κ3) is 4.06. The minimum Gasteiger partial charge on any atom is -0.478 e. The summed E-state index contributed by atoms with van der Waals surface area (Å²) in [6, 6.07) is 0. The van der Waals surface area contributed by atoms with E-state index in [9.17, 15) is 4.79 Å². The second-order valence-corrected chi connectivity index (χ2v) is 5.72. The van der Waals surface area contributed by atoms with Crippen LogP contribution in [0.3, 0.4) is 0 Å². The van der Waals surface area contributed by atoms with Gasteiger partial charge in [0.2, 0.25) is 0 Å². The van der Waals surface area contributed by atoms with Crippen molar-refractivity contribution in [3.05, 3.63) is 17.5 Å². The lowest BCUT2D eigenvalue weighted by Crippen LogP contribution is -2.30. The van der Waals surface area contributed by atoms with Crippen LogP contribution in [0.4, 0.5) is 0 Å². The minimum absolute atomic E-state index is 0.278. The Hall–Kier alpha value is -1.36. The second-order valence-electron chi connectivity index (χ2n) is 5.72. The molecule has 0 bridgehead atoms. The Morgan fingerprint density at radius 2 is 1.95 bits per heavy atom. The van der Waals surface area contributed by atoms with Crippen LogP contribution in [0.1, 0.15) is 43.7 Å².